The van der Waals surface area contributed by atoms with Gasteiger partial charge in [-0.05, 0) is 25.8 Å². The van der Waals surface area contributed by atoms with E-state index >= 15 is 0 Å². The molecular formula is C13H20N4. The molecule has 0 aliphatic carbocycles. The van der Waals surface area contributed by atoms with E-state index in [4.69, 9.17) is 0 Å². The van der Waals surface area contributed by atoms with E-state index in [2.05, 4.69) is 49.2 Å². The summed E-state index contributed by atoms with van der Waals surface area (Å²) in [4.78, 5) is 4.48. The Morgan fingerprint density at radius 2 is 2.00 bits per heavy atom. The van der Waals surface area contributed by atoms with Gasteiger partial charge in [0.05, 0.1) is 18.1 Å². The number of anilines is 1. The second kappa shape index (κ2) is 4.73. The number of aromatic nitrogens is 3. The lowest BCUT2D eigenvalue weighted by molar-refractivity contribution is 0.546. The highest BCUT2D eigenvalue weighted by Crippen LogP contribution is 2.19. The van der Waals surface area contributed by atoms with Crippen LogP contribution in [0.15, 0.2) is 18.5 Å². The third kappa shape index (κ3) is 2.57. The highest BCUT2D eigenvalue weighted by atomic mass is 15.3. The van der Waals surface area contributed by atoms with Crippen molar-refractivity contribution >= 4 is 16.7 Å². The van der Waals surface area contributed by atoms with Crippen LogP contribution in [-0.2, 0) is 0 Å². The minimum atomic E-state index is 0.342. The standard InChI is InChI=1S/C13H20N4/c1-9(2)6-14-12-5-11-7-16-17(10(3)4)13(11)15-8-12/h5,7-10,14H,6H2,1-4H3. The van der Waals surface area contributed by atoms with Gasteiger partial charge in [0.25, 0.3) is 0 Å². The van der Waals surface area contributed by atoms with Crippen molar-refractivity contribution in [2.24, 2.45) is 5.92 Å². The van der Waals surface area contributed by atoms with E-state index in [0.717, 1.165) is 23.3 Å². The fraction of sp³-hybridized carbons (Fsp3) is 0.538. The zero-order valence-corrected chi connectivity index (χ0v) is 10.9. The molecule has 0 atom stereocenters. The molecule has 2 rings (SSSR count). The number of fused-ring (bicyclic) bond motifs is 1. The Morgan fingerprint density at radius 1 is 1.24 bits per heavy atom. The first-order chi connectivity index (χ1) is 8.08. The van der Waals surface area contributed by atoms with Crippen molar-refractivity contribution in [3.8, 4) is 0 Å². The molecule has 0 aliphatic rings. The molecular weight excluding hydrogens is 212 g/mol. The van der Waals surface area contributed by atoms with Crippen LogP contribution in [0.3, 0.4) is 0 Å². The third-order valence-corrected chi connectivity index (χ3v) is 2.64. The Balaban J connectivity index is 2.26. The Morgan fingerprint density at radius 3 is 2.65 bits per heavy atom. The molecule has 0 saturated carbocycles. The number of rotatable bonds is 4. The van der Waals surface area contributed by atoms with Crippen molar-refractivity contribution < 1.29 is 0 Å². The molecule has 0 radical (unpaired) electrons. The zero-order valence-electron chi connectivity index (χ0n) is 10.9. The maximum atomic E-state index is 4.48. The maximum Gasteiger partial charge on any atom is 0.158 e. The van der Waals surface area contributed by atoms with Crippen LogP contribution in [0.1, 0.15) is 33.7 Å². The summed E-state index contributed by atoms with van der Waals surface area (Å²) in [5.41, 5.74) is 2.02. The van der Waals surface area contributed by atoms with Crippen LogP contribution in [0.4, 0.5) is 5.69 Å². The number of hydrogen-bond donors (Lipinski definition) is 1. The van der Waals surface area contributed by atoms with Crippen molar-refractivity contribution in [2.75, 3.05) is 11.9 Å². The molecule has 92 valence electrons. The van der Waals surface area contributed by atoms with Gasteiger partial charge in [0.2, 0.25) is 0 Å². The van der Waals surface area contributed by atoms with E-state index in [0.29, 0.717) is 12.0 Å². The number of nitrogens with one attached hydrogen (secondary N) is 1. The summed E-state index contributed by atoms with van der Waals surface area (Å²) < 4.78 is 1.95. The molecule has 0 spiro atoms. The molecule has 0 aliphatic heterocycles. The molecule has 17 heavy (non-hydrogen) atoms. The van der Waals surface area contributed by atoms with Gasteiger partial charge in [-0.1, -0.05) is 13.8 Å². The second-order valence-electron chi connectivity index (χ2n) is 5.09. The van der Waals surface area contributed by atoms with E-state index < -0.39 is 0 Å². The van der Waals surface area contributed by atoms with Gasteiger partial charge in [-0.2, -0.15) is 5.10 Å². The van der Waals surface area contributed by atoms with Crippen LogP contribution in [-0.4, -0.2) is 21.3 Å². The average molecular weight is 232 g/mol. The summed E-state index contributed by atoms with van der Waals surface area (Å²) in [6, 6.07) is 2.45. The molecule has 0 saturated heterocycles. The van der Waals surface area contributed by atoms with Crippen molar-refractivity contribution in [2.45, 2.75) is 33.7 Å². The first-order valence-corrected chi connectivity index (χ1v) is 6.15. The quantitative estimate of drug-likeness (QED) is 0.881. The van der Waals surface area contributed by atoms with E-state index in [-0.39, 0.29) is 0 Å². The number of nitrogens with zero attached hydrogens (tertiary/aromatic N) is 3. The van der Waals surface area contributed by atoms with Crippen LogP contribution in [0.25, 0.3) is 11.0 Å². The van der Waals surface area contributed by atoms with Crippen LogP contribution in [0.2, 0.25) is 0 Å². The molecule has 4 heteroatoms. The van der Waals surface area contributed by atoms with Crippen LogP contribution in [0.5, 0.6) is 0 Å². The number of pyridine rings is 1. The average Bonchev–Trinajstić information content (AvgIpc) is 2.69. The summed E-state index contributed by atoms with van der Waals surface area (Å²) in [6.45, 7) is 9.56. The largest absolute Gasteiger partial charge is 0.384 e. The predicted molar refractivity (Wildman–Crippen MR) is 71.2 cm³/mol. The molecule has 0 fully saturated rings. The molecule has 2 aromatic rings. The molecule has 4 nitrogen and oxygen atoms in total. The Hall–Kier alpha value is -1.58. The van der Waals surface area contributed by atoms with Gasteiger partial charge in [-0.15, -0.1) is 0 Å². The molecule has 2 heterocycles. The van der Waals surface area contributed by atoms with Crippen molar-refractivity contribution in [3.05, 3.63) is 18.5 Å². The lowest BCUT2D eigenvalue weighted by atomic mass is 10.2. The van der Waals surface area contributed by atoms with Crippen LogP contribution >= 0.6 is 0 Å². The topological polar surface area (TPSA) is 42.7 Å². The van der Waals surface area contributed by atoms with Gasteiger partial charge in [0.1, 0.15) is 0 Å². The Bertz CT molecular complexity index is 499. The zero-order chi connectivity index (χ0) is 12.4. The number of hydrogen-bond acceptors (Lipinski definition) is 3. The second-order valence-corrected chi connectivity index (χ2v) is 5.09. The lowest BCUT2D eigenvalue weighted by Crippen LogP contribution is -2.08. The van der Waals surface area contributed by atoms with E-state index in [1.807, 2.05) is 17.1 Å². The first kappa shape index (κ1) is 11.9. The van der Waals surface area contributed by atoms with Crippen molar-refractivity contribution in [3.63, 3.8) is 0 Å². The Labute approximate surface area is 102 Å². The Kier molecular flexibility index (Phi) is 3.31. The van der Waals surface area contributed by atoms with E-state index in [1.54, 1.807) is 0 Å². The summed E-state index contributed by atoms with van der Waals surface area (Å²) in [6.07, 6.45) is 3.76. The minimum absolute atomic E-state index is 0.342. The van der Waals surface area contributed by atoms with Gasteiger partial charge >= 0.3 is 0 Å². The van der Waals surface area contributed by atoms with E-state index in [1.165, 1.54) is 0 Å². The molecule has 0 aromatic carbocycles. The van der Waals surface area contributed by atoms with Crippen molar-refractivity contribution in [1.29, 1.82) is 0 Å². The third-order valence-electron chi connectivity index (χ3n) is 2.64. The molecule has 2 aromatic heterocycles. The van der Waals surface area contributed by atoms with Gasteiger partial charge in [-0.3, -0.25) is 0 Å². The van der Waals surface area contributed by atoms with Gasteiger partial charge in [-0.25, -0.2) is 9.67 Å². The summed E-state index contributed by atoms with van der Waals surface area (Å²) in [5.74, 6) is 0.629. The van der Waals surface area contributed by atoms with Crippen LogP contribution in [0, 0.1) is 5.92 Å². The first-order valence-electron chi connectivity index (χ1n) is 6.15. The minimum Gasteiger partial charge on any atom is -0.384 e. The highest BCUT2D eigenvalue weighted by molar-refractivity contribution is 5.78. The van der Waals surface area contributed by atoms with Gasteiger partial charge in [0, 0.05) is 18.0 Å². The highest BCUT2D eigenvalue weighted by Gasteiger charge is 2.07. The SMILES string of the molecule is CC(C)CNc1cnc2c(cnn2C(C)C)c1. The molecule has 1 N–H and O–H groups in total. The summed E-state index contributed by atoms with van der Waals surface area (Å²) in [7, 11) is 0. The lowest BCUT2D eigenvalue weighted by Gasteiger charge is -2.09. The van der Waals surface area contributed by atoms with Gasteiger partial charge < -0.3 is 5.32 Å². The smallest absolute Gasteiger partial charge is 0.158 e. The predicted octanol–water partition coefficient (Wildman–Crippen LogP) is 3.08. The van der Waals surface area contributed by atoms with Gasteiger partial charge in [0.15, 0.2) is 5.65 Å². The summed E-state index contributed by atoms with van der Waals surface area (Å²) in [5, 5.41) is 8.82. The van der Waals surface area contributed by atoms with Crippen LogP contribution < -0.4 is 5.32 Å². The normalized spacial score (nSPS) is 11.6. The maximum absolute atomic E-state index is 4.48. The monoisotopic (exact) mass is 232 g/mol. The molecule has 0 bridgehead atoms. The fourth-order valence-corrected chi connectivity index (χ4v) is 1.74. The fourth-order valence-electron chi connectivity index (χ4n) is 1.74. The summed E-state index contributed by atoms with van der Waals surface area (Å²) >= 11 is 0. The van der Waals surface area contributed by atoms with E-state index in [9.17, 15) is 0 Å². The molecule has 0 amide bonds. The molecule has 0 unspecified atom stereocenters. The van der Waals surface area contributed by atoms with Crippen molar-refractivity contribution in [1.82, 2.24) is 14.8 Å².